The summed E-state index contributed by atoms with van der Waals surface area (Å²) in [4.78, 5) is 16.1. The summed E-state index contributed by atoms with van der Waals surface area (Å²) in [6.07, 6.45) is 5.57. The largest absolute Gasteiger partial charge is 0.494 e. The molecule has 2 heterocycles. The highest BCUT2D eigenvalue weighted by molar-refractivity contribution is 5.85. The average Bonchev–Trinajstić information content (AvgIpc) is 3.13. The number of carbonyl (C=O) groups is 1. The number of hydrogen-bond acceptors (Lipinski definition) is 6. The third-order valence-electron chi connectivity index (χ3n) is 3.89. The summed E-state index contributed by atoms with van der Waals surface area (Å²) in [5, 5.41) is 3.98. The average molecular weight is 339 g/mol. The second-order valence-electron chi connectivity index (χ2n) is 5.65. The topological polar surface area (TPSA) is 87.6 Å². The van der Waals surface area contributed by atoms with E-state index in [4.69, 9.17) is 4.74 Å². The fourth-order valence-electron chi connectivity index (χ4n) is 2.63. The molecule has 1 aliphatic heterocycles. The Kier molecular flexibility index (Phi) is 5.71. The minimum Gasteiger partial charge on any atom is -0.494 e. The zero-order chi connectivity index (χ0) is 17.5. The van der Waals surface area contributed by atoms with Crippen molar-refractivity contribution in [2.45, 2.75) is 25.4 Å². The van der Waals surface area contributed by atoms with E-state index in [1.807, 2.05) is 43.3 Å². The van der Waals surface area contributed by atoms with Gasteiger partial charge in [-0.15, -0.1) is 0 Å². The van der Waals surface area contributed by atoms with Gasteiger partial charge in [-0.2, -0.15) is 5.10 Å². The highest BCUT2D eigenvalue weighted by Gasteiger charge is 2.30. The van der Waals surface area contributed by atoms with Crippen LogP contribution < -0.4 is 21.0 Å². The highest BCUT2D eigenvalue weighted by Crippen LogP contribution is 2.25. The van der Waals surface area contributed by atoms with Crippen LogP contribution in [0.3, 0.4) is 0 Å². The molecule has 130 valence electrons. The van der Waals surface area contributed by atoms with E-state index in [9.17, 15) is 4.79 Å². The lowest BCUT2D eigenvalue weighted by molar-refractivity contribution is -0.122. The van der Waals surface area contributed by atoms with E-state index in [1.165, 1.54) is 0 Å². The van der Waals surface area contributed by atoms with Crippen LogP contribution in [-0.4, -0.2) is 29.8 Å². The summed E-state index contributed by atoms with van der Waals surface area (Å²) in [6, 6.07) is 11.2. The third-order valence-corrected chi connectivity index (χ3v) is 3.89. The van der Waals surface area contributed by atoms with E-state index in [1.54, 1.807) is 18.6 Å². The highest BCUT2D eigenvalue weighted by atomic mass is 16.5. The standard InChI is InChI=1S/C18H21N5O2/c1-2-25-15-5-3-4-14(10-15)16-11-17(22-21-16)18(24)23-20-12-13-6-8-19-9-7-13/h3-10,12,16-17,21-22H,2,11H2,1H3,(H,23,24)/b20-12+. The smallest absolute Gasteiger partial charge is 0.258 e. The zero-order valence-electron chi connectivity index (χ0n) is 14.0. The fourth-order valence-corrected chi connectivity index (χ4v) is 2.63. The van der Waals surface area contributed by atoms with Gasteiger partial charge in [-0.1, -0.05) is 12.1 Å². The Morgan fingerprint density at radius 3 is 3.00 bits per heavy atom. The molecule has 7 nitrogen and oxygen atoms in total. The molecule has 1 amide bonds. The van der Waals surface area contributed by atoms with Crippen molar-refractivity contribution in [2.24, 2.45) is 5.10 Å². The van der Waals surface area contributed by atoms with Crippen molar-refractivity contribution in [3.63, 3.8) is 0 Å². The van der Waals surface area contributed by atoms with Gasteiger partial charge in [-0.05, 0) is 48.7 Å². The number of hydrogen-bond donors (Lipinski definition) is 3. The summed E-state index contributed by atoms with van der Waals surface area (Å²) in [6.45, 7) is 2.58. The maximum atomic E-state index is 12.2. The summed E-state index contributed by atoms with van der Waals surface area (Å²) in [5.74, 6) is 0.651. The molecule has 7 heteroatoms. The Morgan fingerprint density at radius 1 is 1.36 bits per heavy atom. The van der Waals surface area contributed by atoms with Crippen molar-refractivity contribution in [3.8, 4) is 5.75 Å². The van der Waals surface area contributed by atoms with Crippen molar-refractivity contribution < 1.29 is 9.53 Å². The first-order chi connectivity index (χ1) is 12.3. The van der Waals surface area contributed by atoms with E-state index < -0.39 is 0 Å². The van der Waals surface area contributed by atoms with Crippen molar-refractivity contribution in [2.75, 3.05) is 6.61 Å². The van der Waals surface area contributed by atoms with Gasteiger partial charge in [0.2, 0.25) is 0 Å². The van der Waals surface area contributed by atoms with Gasteiger partial charge in [0.25, 0.3) is 5.91 Å². The number of carbonyl (C=O) groups excluding carboxylic acids is 1. The van der Waals surface area contributed by atoms with Crippen molar-refractivity contribution in [1.29, 1.82) is 0 Å². The molecule has 3 N–H and O–H groups in total. The molecule has 0 spiro atoms. The lowest BCUT2D eigenvalue weighted by atomic mass is 10.0. The molecular weight excluding hydrogens is 318 g/mol. The summed E-state index contributed by atoms with van der Waals surface area (Å²) in [5.41, 5.74) is 10.7. The Bertz CT molecular complexity index is 735. The summed E-state index contributed by atoms with van der Waals surface area (Å²) < 4.78 is 5.52. The second kappa shape index (κ2) is 8.36. The molecule has 25 heavy (non-hydrogen) atoms. The first-order valence-corrected chi connectivity index (χ1v) is 8.23. The molecule has 0 bridgehead atoms. The molecular formula is C18H21N5O2. The maximum Gasteiger partial charge on any atom is 0.258 e. The molecule has 0 radical (unpaired) electrons. The van der Waals surface area contributed by atoms with Crippen LogP contribution in [0.4, 0.5) is 0 Å². The molecule has 1 aromatic carbocycles. The maximum absolute atomic E-state index is 12.2. The van der Waals surface area contributed by atoms with E-state index in [0.29, 0.717) is 13.0 Å². The number of nitrogens with zero attached hydrogens (tertiary/aromatic N) is 2. The third kappa shape index (κ3) is 4.62. The molecule has 0 aliphatic carbocycles. The van der Waals surface area contributed by atoms with E-state index in [2.05, 4.69) is 26.4 Å². The van der Waals surface area contributed by atoms with E-state index in [0.717, 1.165) is 16.9 Å². The lowest BCUT2D eigenvalue weighted by Gasteiger charge is -2.11. The first kappa shape index (κ1) is 17.1. The van der Waals surface area contributed by atoms with Crippen LogP contribution in [0.5, 0.6) is 5.75 Å². The molecule has 3 rings (SSSR count). The normalized spacial score (nSPS) is 19.9. The van der Waals surface area contributed by atoms with Crippen LogP contribution in [0.1, 0.15) is 30.5 Å². The van der Waals surface area contributed by atoms with Crippen LogP contribution in [-0.2, 0) is 4.79 Å². The van der Waals surface area contributed by atoms with Crippen LogP contribution in [0.15, 0.2) is 53.9 Å². The van der Waals surface area contributed by atoms with E-state index >= 15 is 0 Å². The summed E-state index contributed by atoms with van der Waals surface area (Å²) in [7, 11) is 0. The van der Waals surface area contributed by atoms with Gasteiger partial charge in [-0.3, -0.25) is 9.78 Å². The molecule has 1 aliphatic rings. The zero-order valence-corrected chi connectivity index (χ0v) is 14.0. The second-order valence-corrected chi connectivity index (χ2v) is 5.65. The molecule has 0 saturated carbocycles. The Balaban J connectivity index is 1.54. The Labute approximate surface area is 146 Å². The number of rotatable bonds is 6. The Morgan fingerprint density at radius 2 is 2.20 bits per heavy atom. The van der Waals surface area contributed by atoms with Crippen molar-refractivity contribution >= 4 is 12.1 Å². The fraction of sp³-hybridized carbons (Fsp3) is 0.278. The van der Waals surface area contributed by atoms with Gasteiger partial charge in [0, 0.05) is 18.4 Å². The van der Waals surface area contributed by atoms with Crippen LogP contribution >= 0.6 is 0 Å². The van der Waals surface area contributed by atoms with Gasteiger partial charge >= 0.3 is 0 Å². The van der Waals surface area contributed by atoms with Crippen LogP contribution in [0.2, 0.25) is 0 Å². The first-order valence-electron chi connectivity index (χ1n) is 8.23. The number of hydrazone groups is 1. The predicted molar refractivity (Wildman–Crippen MR) is 95.0 cm³/mol. The molecule has 1 fully saturated rings. The summed E-state index contributed by atoms with van der Waals surface area (Å²) >= 11 is 0. The molecule has 2 atom stereocenters. The van der Waals surface area contributed by atoms with Gasteiger partial charge in [0.05, 0.1) is 12.8 Å². The Hall–Kier alpha value is -2.77. The number of pyridine rings is 1. The van der Waals surface area contributed by atoms with Crippen LogP contribution in [0, 0.1) is 0 Å². The minimum atomic E-state index is -0.352. The molecule has 1 saturated heterocycles. The number of hydrazine groups is 1. The van der Waals surface area contributed by atoms with E-state index in [-0.39, 0.29) is 18.0 Å². The molecule has 2 unspecified atom stereocenters. The van der Waals surface area contributed by atoms with Gasteiger partial charge in [0.15, 0.2) is 0 Å². The quantitative estimate of drug-likeness (QED) is 0.549. The minimum absolute atomic E-state index is 0.0420. The number of ether oxygens (including phenoxy) is 1. The number of benzene rings is 1. The number of aromatic nitrogens is 1. The van der Waals surface area contributed by atoms with Crippen molar-refractivity contribution in [1.82, 2.24) is 21.3 Å². The van der Waals surface area contributed by atoms with Crippen LogP contribution in [0.25, 0.3) is 0 Å². The van der Waals surface area contributed by atoms with Gasteiger partial charge in [-0.25, -0.2) is 16.3 Å². The molecule has 2 aromatic rings. The van der Waals surface area contributed by atoms with Crippen molar-refractivity contribution in [3.05, 3.63) is 59.9 Å². The SMILES string of the molecule is CCOc1cccc(C2CC(C(=O)N/N=C/c3ccncc3)NN2)c1. The number of amides is 1. The monoisotopic (exact) mass is 339 g/mol. The lowest BCUT2D eigenvalue weighted by Crippen LogP contribution is -2.41. The van der Waals surface area contributed by atoms with Gasteiger partial charge < -0.3 is 4.74 Å². The van der Waals surface area contributed by atoms with Gasteiger partial charge in [0.1, 0.15) is 11.8 Å². The predicted octanol–water partition coefficient (Wildman–Crippen LogP) is 1.54. The number of nitrogens with one attached hydrogen (secondary N) is 3. The molecule has 1 aromatic heterocycles.